The zero-order valence-corrected chi connectivity index (χ0v) is 17.3. The highest BCUT2D eigenvalue weighted by Gasteiger charge is 2.23. The van der Waals surface area contributed by atoms with Crippen molar-refractivity contribution >= 4 is 32.5 Å². The van der Waals surface area contributed by atoms with Crippen molar-refractivity contribution in [1.82, 2.24) is 9.88 Å². The van der Waals surface area contributed by atoms with E-state index in [-0.39, 0.29) is 0 Å². The maximum Gasteiger partial charge on any atom is 0.176 e. The van der Waals surface area contributed by atoms with Crippen LogP contribution in [0.25, 0.3) is 21.2 Å². The Bertz CT molecular complexity index is 1130. The Morgan fingerprint density at radius 1 is 1.21 bits per heavy atom. The van der Waals surface area contributed by atoms with E-state index < -0.39 is 0 Å². The van der Waals surface area contributed by atoms with E-state index in [0.717, 1.165) is 73.9 Å². The topological polar surface area (TPSA) is 47.7 Å². The third-order valence-electron chi connectivity index (χ3n) is 5.57. The number of hydrogen-bond acceptors (Lipinski definition) is 6. The van der Waals surface area contributed by atoms with Crippen molar-refractivity contribution < 1.29 is 13.9 Å². The molecule has 2 aromatic carbocycles. The summed E-state index contributed by atoms with van der Waals surface area (Å²) in [7, 11) is 1.69. The smallest absolute Gasteiger partial charge is 0.176 e. The summed E-state index contributed by atoms with van der Waals surface area (Å²) in [4.78, 5) is 6.82. The Morgan fingerprint density at radius 2 is 2.17 bits per heavy atom. The third kappa shape index (κ3) is 3.70. The molecule has 0 aliphatic carbocycles. The maximum atomic E-state index is 6.16. The summed E-state index contributed by atoms with van der Waals surface area (Å²) >= 11 is 1.66. The molecule has 29 heavy (non-hydrogen) atoms. The van der Waals surface area contributed by atoms with E-state index >= 15 is 0 Å². The Hall–Kier alpha value is -2.57. The van der Waals surface area contributed by atoms with E-state index in [0.29, 0.717) is 0 Å². The van der Waals surface area contributed by atoms with Crippen LogP contribution in [0.2, 0.25) is 0 Å². The third-order valence-corrected chi connectivity index (χ3v) is 6.38. The quantitative estimate of drug-likeness (QED) is 0.390. The van der Waals surface area contributed by atoms with E-state index in [1.807, 2.05) is 29.8 Å². The second kappa shape index (κ2) is 8.05. The highest BCUT2D eigenvalue weighted by Crippen LogP contribution is 2.35. The second-order valence-electron chi connectivity index (χ2n) is 7.40. The van der Waals surface area contributed by atoms with Gasteiger partial charge in [-0.3, -0.25) is 4.90 Å². The number of ether oxygens (including phenoxy) is 2. The summed E-state index contributed by atoms with van der Waals surface area (Å²) in [6, 6.07) is 12.3. The first-order chi connectivity index (χ1) is 14.3. The number of furan rings is 1. The van der Waals surface area contributed by atoms with Gasteiger partial charge in [0.25, 0.3) is 0 Å². The van der Waals surface area contributed by atoms with Crippen LogP contribution < -0.4 is 9.47 Å². The van der Waals surface area contributed by atoms with E-state index in [2.05, 4.69) is 22.0 Å². The molecule has 0 radical (unpaired) electrons. The minimum atomic E-state index is 0.733. The summed E-state index contributed by atoms with van der Waals surface area (Å²) in [5.41, 5.74) is 5.11. The van der Waals surface area contributed by atoms with E-state index in [1.54, 1.807) is 18.4 Å². The number of aromatic nitrogens is 1. The first-order valence-corrected chi connectivity index (χ1v) is 11.0. The lowest BCUT2D eigenvalue weighted by molar-refractivity contribution is 0.218. The van der Waals surface area contributed by atoms with Crippen molar-refractivity contribution in [3.63, 3.8) is 0 Å². The van der Waals surface area contributed by atoms with Crippen LogP contribution in [0.3, 0.4) is 0 Å². The molecule has 4 aromatic rings. The first-order valence-electron chi connectivity index (χ1n) is 10.1. The lowest BCUT2D eigenvalue weighted by Gasteiger charge is -2.25. The van der Waals surface area contributed by atoms with Gasteiger partial charge in [-0.15, -0.1) is 11.3 Å². The van der Waals surface area contributed by atoms with Gasteiger partial charge in [-0.1, -0.05) is 12.1 Å². The second-order valence-corrected chi connectivity index (χ2v) is 8.29. The highest BCUT2D eigenvalue weighted by molar-refractivity contribution is 7.16. The number of methoxy groups -OCH3 is 1. The molecule has 1 aliphatic rings. The van der Waals surface area contributed by atoms with Gasteiger partial charge >= 0.3 is 0 Å². The van der Waals surface area contributed by atoms with Crippen LogP contribution in [0.1, 0.15) is 24.2 Å². The molecule has 3 heterocycles. The van der Waals surface area contributed by atoms with Crippen LogP contribution in [-0.2, 0) is 13.0 Å². The summed E-state index contributed by atoms with van der Waals surface area (Å²) < 4.78 is 18.7. The molecule has 0 amide bonds. The maximum absolute atomic E-state index is 6.16. The van der Waals surface area contributed by atoms with Crippen LogP contribution in [0, 0.1) is 0 Å². The van der Waals surface area contributed by atoms with Crippen molar-refractivity contribution in [3.8, 4) is 11.5 Å². The fourth-order valence-corrected chi connectivity index (χ4v) is 4.71. The van der Waals surface area contributed by atoms with Gasteiger partial charge in [0.15, 0.2) is 11.3 Å². The van der Waals surface area contributed by atoms with Gasteiger partial charge in [0.05, 0.1) is 36.0 Å². The summed E-state index contributed by atoms with van der Waals surface area (Å²) in [6.07, 6.45) is 3.17. The van der Waals surface area contributed by atoms with Crippen LogP contribution in [0.15, 0.2) is 46.3 Å². The van der Waals surface area contributed by atoms with Gasteiger partial charge in [0, 0.05) is 23.6 Å². The number of benzene rings is 2. The summed E-state index contributed by atoms with van der Waals surface area (Å²) in [5.74, 6) is 2.81. The number of nitrogens with zero attached hydrogens (tertiary/aromatic N) is 2. The Kier molecular flexibility index (Phi) is 5.12. The van der Waals surface area contributed by atoms with Crippen LogP contribution in [0.5, 0.6) is 11.5 Å². The molecule has 0 spiro atoms. The van der Waals surface area contributed by atoms with Gasteiger partial charge in [-0.2, -0.15) is 0 Å². The number of fused-ring (bicyclic) bond motifs is 4. The molecule has 150 valence electrons. The number of thiazole rings is 1. The molecule has 0 saturated heterocycles. The monoisotopic (exact) mass is 408 g/mol. The van der Waals surface area contributed by atoms with Crippen molar-refractivity contribution in [2.24, 2.45) is 0 Å². The van der Waals surface area contributed by atoms with Crippen LogP contribution in [-0.4, -0.2) is 36.7 Å². The largest absolute Gasteiger partial charge is 0.494 e. The zero-order chi connectivity index (χ0) is 19.6. The molecule has 0 fully saturated rings. The predicted molar refractivity (Wildman–Crippen MR) is 116 cm³/mol. The van der Waals surface area contributed by atoms with Gasteiger partial charge in [-0.25, -0.2) is 4.98 Å². The number of para-hydroxylation sites is 1. The van der Waals surface area contributed by atoms with Crippen molar-refractivity contribution in [3.05, 3.63) is 53.2 Å². The van der Waals surface area contributed by atoms with E-state index in [9.17, 15) is 0 Å². The fraction of sp³-hybridized carbons (Fsp3) is 0.348. The molecule has 6 heteroatoms. The van der Waals surface area contributed by atoms with E-state index in [4.69, 9.17) is 13.9 Å². The van der Waals surface area contributed by atoms with Crippen LogP contribution in [0.4, 0.5) is 0 Å². The number of unbranched alkanes of at least 4 members (excludes halogenated alkanes) is 1. The number of hydrogen-bond donors (Lipinski definition) is 0. The zero-order valence-electron chi connectivity index (χ0n) is 16.5. The first kappa shape index (κ1) is 18.5. The van der Waals surface area contributed by atoms with Crippen LogP contribution >= 0.6 is 11.3 Å². The van der Waals surface area contributed by atoms with Gasteiger partial charge in [-0.05, 0) is 44.0 Å². The molecule has 5 rings (SSSR count). The minimum absolute atomic E-state index is 0.733. The normalized spacial score (nSPS) is 14.4. The molecule has 0 unspecified atom stereocenters. The molecule has 0 saturated carbocycles. The fourth-order valence-electron chi connectivity index (χ4n) is 4.05. The summed E-state index contributed by atoms with van der Waals surface area (Å²) in [5, 5.41) is 1.20. The molecular formula is C23H24N2O3S. The van der Waals surface area contributed by atoms with Gasteiger partial charge < -0.3 is 13.9 Å². The van der Waals surface area contributed by atoms with Gasteiger partial charge in [0.2, 0.25) is 0 Å². The van der Waals surface area contributed by atoms with Crippen molar-refractivity contribution in [2.45, 2.75) is 25.8 Å². The predicted octanol–water partition coefficient (Wildman–Crippen LogP) is 5.27. The van der Waals surface area contributed by atoms with Crippen molar-refractivity contribution in [2.75, 3.05) is 26.8 Å². The lowest BCUT2D eigenvalue weighted by Crippen LogP contribution is -2.30. The minimum Gasteiger partial charge on any atom is -0.494 e. The number of rotatable bonds is 7. The van der Waals surface area contributed by atoms with E-state index in [1.165, 1.54) is 15.6 Å². The molecule has 0 N–H and O–H groups in total. The lowest BCUT2D eigenvalue weighted by atomic mass is 10.0. The summed E-state index contributed by atoms with van der Waals surface area (Å²) in [6.45, 7) is 3.73. The highest BCUT2D eigenvalue weighted by atomic mass is 32.1. The molecule has 5 nitrogen and oxygen atoms in total. The molecule has 0 atom stereocenters. The molecule has 2 aromatic heterocycles. The molecular weight excluding hydrogens is 384 g/mol. The Balaban J connectivity index is 1.13. The van der Waals surface area contributed by atoms with Gasteiger partial charge in [0.1, 0.15) is 11.5 Å². The SMILES string of the molecule is COc1cccc2c3c(oc12)CN(CCCCOc1ccc2scnc2c1)CC3. The standard InChI is InChI=1S/C23H24N2O3S/c1-26-20-6-4-5-18-17-9-11-25(14-21(17)28-23(18)20)10-2-3-12-27-16-7-8-22-19(13-16)24-15-29-22/h4-8,13,15H,2-3,9-12,14H2,1H3. The van der Waals surface area contributed by atoms with Crippen molar-refractivity contribution in [1.29, 1.82) is 0 Å². The average Bonchev–Trinajstić information content (AvgIpc) is 3.36. The molecule has 1 aliphatic heterocycles. The Morgan fingerprint density at radius 3 is 3.10 bits per heavy atom. The Labute approximate surface area is 173 Å². The average molecular weight is 409 g/mol. The molecule has 0 bridgehead atoms.